The molecule has 0 aliphatic rings. The van der Waals surface area contributed by atoms with E-state index in [0.29, 0.717) is 12.1 Å². The minimum absolute atomic E-state index is 0.359. The van der Waals surface area contributed by atoms with E-state index in [1.807, 2.05) is 32.0 Å². The number of alkyl carbamates (subject to hydrolysis) is 1. The van der Waals surface area contributed by atoms with Crippen molar-refractivity contribution in [3.8, 4) is 12.5 Å². The highest BCUT2D eigenvalue weighted by molar-refractivity contribution is 5.93. The predicted molar refractivity (Wildman–Crippen MR) is 126 cm³/mol. The Bertz CT molecular complexity index is 831. The number of hydrogen-bond donors (Lipinski definition) is 2. The Hall–Kier alpha value is -3.01. The van der Waals surface area contributed by atoms with Gasteiger partial charge >= 0.3 is 6.09 Å². The van der Waals surface area contributed by atoms with Crippen molar-refractivity contribution in [1.82, 2.24) is 15.5 Å². The number of amides is 3. The topological polar surface area (TPSA) is 87.7 Å². The summed E-state index contributed by atoms with van der Waals surface area (Å²) in [7, 11) is 0. The Morgan fingerprint density at radius 2 is 1.72 bits per heavy atom. The third-order valence-electron chi connectivity index (χ3n) is 4.63. The molecule has 0 saturated heterocycles. The molecule has 7 heteroatoms. The monoisotopic (exact) mass is 443 g/mol. The number of hydrogen-bond acceptors (Lipinski definition) is 4. The Balaban J connectivity index is 3.18. The summed E-state index contributed by atoms with van der Waals surface area (Å²) in [5, 5.41) is 5.39. The number of carbonyl (C=O) groups excluding carboxylic acids is 3. The van der Waals surface area contributed by atoms with Crippen LogP contribution in [-0.4, -0.2) is 41.0 Å². The van der Waals surface area contributed by atoms with Gasteiger partial charge in [-0.05, 0) is 53.5 Å². The molecule has 0 heterocycles. The van der Waals surface area contributed by atoms with Crippen LogP contribution >= 0.6 is 0 Å². The number of unbranched alkanes of at least 4 members (excludes halogenated alkanes) is 2. The van der Waals surface area contributed by atoms with E-state index in [1.54, 1.807) is 20.8 Å². The third-order valence-corrected chi connectivity index (χ3v) is 4.63. The van der Waals surface area contributed by atoms with Crippen LogP contribution in [0.4, 0.5) is 4.79 Å². The summed E-state index contributed by atoms with van der Waals surface area (Å²) < 4.78 is 5.22. The molecule has 0 spiro atoms. The maximum absolute atomic E-state index is 13.2. The number of aryl methyl sites for hydroxylation is 2. The van der Waals surface area contributed by atoms with Crippen LogP contribution in [0.1, 0.15) is 76.6 Å². The fraction of sp³-hybridized carbons (Fsp3) is 0.560. The number of benzene rings is 1. The molecule has 0 aliphatic carbocycles. The largest absolute Gasteiger partial charge is 0.444 e. The highest BCUT2D eigenvalue weighted by Gasteiger charge is 2.34. The molecule has 1 aromatic rings. The van der Waals surface area contributed by atoms with Gasteiger partial charge in [0.1, 0.15) is 17.7 Å². The molecule has 2 N–H and O–H groups in total. The molecular formula is C25H37N3O4. The van der Waals surface area contributed by atoms with Crippen molar-refractivity contribution < 1.29 is 19.1 Å². The highest BCUT2D eigenvalue weighted by atomic mass is 16.6. The molecule has 0 aromatic heterocycles. The van der Waals surface area contributed by atoms with E-state index in [0.717, 1.165) is 35.3 Å². The lowest BCUT2D eigenvalue weighted by molar-refractivity contribution is -0.138. The fourth-order valence-corrected chi connectivity index (χ4v) is 3.29. The zero-order chi connectivity index (χ0) is 24.5. The molecular weight excluding hydrogens is 406 g/mol. The van der Waals surface area contributed by atoms with Gasteiger partial charge < -0.3 is 15.4 Å². The zero-order valence-electron chi connectivity index (χ0n) is 20.4. The predicted octanol–water partition coefficient (Wildman–Crippen LogP) is 3.98. The summed E-state index contributed by atoms with van der Waals surface area (Å²) >= 11 is 0. The lowest BCUT2D eigenvalue weighted by Gasteiger charge is -2.29. The van der Waals surface area contributed by atoms with E-state index in [1.165, 1.54) is 6.92 Å². The smallest absolute Gasteiger partial charge is 0.408 e. The summed E-state index contributed by atoms with van der Waals surface area (Å²) in [4.78, 5) is 39.5. The molecule has 0 aliphatic heterocycles. The number of nitrogens with zero attached hydrogens (tertiary/aromatic N) is 1. The summed E-state index contributed by atoms with van der Waals surface area (Å²) in [6, 6.07) is 6.01. The molecule has 7 nitrogen and oxygen atoms in total. The third kappa shape index (κ3) is 8.62. The summed E-state index contributed by atoms with van der Waals surface area (Å²) in [5.74, 6) is -0.937. The van der Waals surface area contributed by atoms with E-state index in [9.17, 15) is 14.4 Å². The van der Waals surface area contributed by atoms with E-state index in [-0.39, 0.29) is 5.91 Å². The quantitative estimate of drug-likeness (QED) is 0.343. The van der Waals surface area contributed by atoms with Crippen molar-refractivity contribution in [2.45, 2.75) is 85.4 Å². The van der Waals surface area contributed by atoms with Crippen LogP contribution in [-0.2, 0) is 14.3 Å². The number of terminal acetylenes is 1. The maximum atomic E-state index is 13.2. The zero-order valence-corrected chi connectivity index (χ0v) is 20.4. The van der Waals surface area contributed by atoms with E-state index >= 15 is 0 Å². The molecule has 2 unspecified atom stereocenters. The summed E-state index contributed by atoms with van der Waals surface area (Å²) in [5.41, 5.74) is 1.81. The van der Waals surface area contributed by atoms with Crippen LogP contribution in [0.3, 0.4) is 0 Å². The van der Waals surface area contributed by atoms with Crippen molar-refractivity contribution in [1.29, 1.82) is 0 Å². The number of carbonyl (C=O) groups is 3. The maximum Gasteiger partial charge on any atom is 0.408 e. The van der Waals surface area contributed by atoms with Crippen molar-refractivity contribution in [3.05, 3.63) is 34.9 Å². The molecule has 3 amide bonds. The van der Waals surface area contributed by atoms with Gasteiger partial charge in [-0.2, -0.15) is 0 Å². The van der Waals surface area contributed by atoms with Crippen LogP contribution in [0, 0.1) is 26.3 Å². The standard InChI is InChI=1S/C25H37N3O4/c1-9-11-12-13-26-22(29)21(20-15-17(3)14-18(4)16-20)28(10-2)23(30)19(5)27-24(31)32-25(6,7)8/h2,14-16,19,21H,9,11-13H2,1,3-8H3,(H,26,29)(H,27,31). The van der Waals surface area contributed by atoms with Crippen LogP contribution < -0.4 is 10.6 Å². The van der Waals surface area contributed by atoms with Crippen LogP contribution in [0.15, 0.2) is 18.2 Å². The van der Waals surface area contributed by atoms with Crippen molar-refractivity contribution >= 4 is 17.9 Å². The van der Waals surface area contributed by atoms with Crippen molar-refractivity contribution in [3.63, 3.8) is 0 Å². The number of nitrogens with one attached hydrogen (secondary N) is 2. The highest BCUT2D eigenvalue weighted by Crippen LogP contribution is 2.24. The first-order valence-corrected chi connectivity index (χ1v) is 11.0. The van der Waals surface area contributed by atoms with Gasteiger partial charge in [-0.3, -0.25) is 14.5 Å². The number of rotatable bonds is 9. The molecule has 0 saturated carbocycles. The first kappa shape index (κ1) is 27.0. The second-order valence-electron chi connectivity index (χ2n) is 9.03. The summed E-state index contributed by atoms with van der Waals surface area (Å²) in [6.45, 7) is 13.1. The van der Waals surface area contributed by atoms with Gasteiger partial charge in [0.2, 0.25) is 5.91 Å². The average molecular weight is 444 g/mol. The molecule has 32 heavy (non-hydrogen) atoms. The minimum atomic E-state index is -1.02. The second kappa shape index (κ2) is 12.1. The van der Waals surface area contributed by atoms with E-state index in [2.05, 4.69) is 23.6 Å². The van der Waals surface area contributed by atoms with Gasteiger partial charge in [0.15, 0.2) is 0 Å². The molecule has 176 valence electrons. The van der Waals surface area contributed by atoms with Gasteiger partial charge in [0.05, 0.1) is 0 Å². The number of ether oxygens (including phenoxy) is 1. The van der Waals surface area contributed by atoms with E-state index in [4.69, 9.17) is 11.2 Å². The molecule has 0 radical (unpaired) electrons. The molecule has 1 aromatic carbocycles. The first-order chi connectivity index (χ1) is 14.9. The minimum Gasteiger partial charge on any atom is -0.444 e. The van der Waals surface area contributed by atoms with Crippen LogP contribution in [0.2, 0.25) is 0 Å². The Kier molecular flexibility index (Phi) is 10.2. The second-order valence-corrected chi connectivity index (χ2v) is 9.03. The average Bonchev–Trinajstić information content (AvgIpc) is 2.66. The van der Waals surface area contributed by atoms with Crippen LogP contribution in [0.25, 0.3) is 0 Å². The SMILES string of the molecule is C#CN(C(=O)C(C)NC(=O)OC(C)(C)C)C(C(=O)NCCCCC)c1cc(C)cc(C)c1. The molecule has 1 rings (SSSR count). The van der Waals surface area contributed by atoms with Gasteiger partial charge in [-0.1, -0.05) is 55.5 Å². The molecule has 0 fully saturated rings. The molecule has 0 bridgehead atoms. The van der Waals surface area contributed by atoms with Crippen molar-refractivity contribution in [2.24, 2.45) is 0 Å². The lowest BCUT2D eigenvalue weighted by atomic mass is 9.99. The van der Waals surface area contributed by atoms with Gasteiger partial charge in [0.25, 0.3) is 5.91 Å². The summed E-state index contributed by atoms with van der Waals surface area (Å²) in [6.07, 6.45) is 7.82. The fourth-order valence-electron chi connectivity index (χ4n) is 3.29. The Morgan fingerprint density at radius 3 is 2.22 bits per heavy atom. The van der Waals surface area contributed by atoms with E-state index < -0.39 is 29.7 Å². The van der Waals surface area contributed by atoms with Crippen molar-refractivity contribution in [2.75, 3.05) is 6.54 Å². The van der Waals surface area contributed by atoms with Gasteiger partial charge in [-0.25, -0.2) is 4.79 Å². The van der Waals surface area contributed by atoms with Gasteiger partial charge in [-0.15, -0.1) is 0 Å². The first-order valence-electron chi connectivity index (χ1n) is 11.0. The Labute approximate surface area is 192 Å². The lowest BCUT2D eigenvalue weighted by Crippen LogP contribution is -2.50. The molecule has 2 atom stereocenters. The van der Waals surface area contributed by atoms with Crippen LogP contribution in [0.5, 0.6) is 0 Å². The Morgan fingerprint density at radius 1 is 1.12 bits per heavy atom. The normalized spacial score (nSPS) is 12.8. The van der Waals surface area contributed by atoms with Gasteiger partial charge in [0, 0.05) is 12.6 Å².